The SMILES string of the molecule is Cc1cc(F)ccc1C(=O)c1c(C)cc(F)cc1C. The summed E-state index contributed by atoms with van der Waals surface area (Å²) >= 11 is 0. The topological polar surface area (TPSA) is 17.1 Å². The third-order valence-electron chi connectivity index (χ3n) is 3.16. The average Bonchev–Trinajstić information content (AvgIpc) is 2.26. The molecule has 0 aromatic heterocycles. The summed E-state index contributed by atoms with van der Waals surface area (Å²) in [6.07, 6.45) is 0. The number of ketones is 1. The highest BCUT2D eigenvalue weighted by Crippen LogP contribution is 2.22. The summed E-state index contributed by atoms with van der Waals surface area (Å²) in [6, 6.07) is 6.71. The summed E-state index contributed by atoms with van der Waals surface area (Å²) < 4.78 is 26.3. The Kier molecular flexibility index (Phi) is 3.47. The lowest BCUT2D eigenvalue weighted by atomic mass is 9.92. The molecule has 0 radical (unpaired) electrons. The molecule has 0 aliphatic heterocycles. The van der Waals surface area contributed by atoms with E-state index in [-0.39, 0.29) is 17.4 Å². The van der Waals surface area contributed by atoms with Crippen LogP contribution in [0.5, 0.6) is 0 Å². The molecule has 2 aromatic rings. The first kappa shape index (κ1) is 13.4. The molecule has 0 fully saturated rings. The fraction of sp³-hybridized carbons (Fsp3) is 0.188. The van der Waals surface area contributed by atoms with Crippen LogP contribution in [0.2, 0.25) is 0 Å². The van der Waals surface area contributed by atoms with Crippen LogP contribution in [0, 0.1) is 32.4 Å². The zero-order valence-corrected chi connectivity index (χ0v) is 11.1. The molecule has 0 spiro atoms. The second-order valence-electron chi connectivity index (χ2n) is 4.70. The maximum atomic E-state index is 13.2. The zero-order valence-electron chi connectivity index (χ0n) is 11.1. The van der Waals surface area contributed by atoms with Crippen molar-refractivity contribution in [1.29, 1.82) is 0 Å². The van der Waals surface area contributed by atoms with Crippen LogP contribution in [-0.2, 0) is 0 Å². The summed E-state index contributed by atoms with van der Waals surface area (Å²) in [7, 11) is 0. The molecule has 2 aromatic carbocycles. The van der Waals surface area contributed by atoms with Crippen molar-refractivity contribution in [3.05, 3.63) is 69.8 Å². The number of rotatable bonds is 2. The van der Waals surface area contributed by atoms with Crippen molar-refractivity contribution >= 4 is 5.78 Å². The van der Waals surface area contributed by atoms with Crippen molar-refractivity contribution < 1.29 is 13.6 Å². The smallest absolute Gasteiger partial charge is 0.193 e. The van der Waals surface area contributed by atoms with Gasteiger partial charge in [0.2, 0.25) is 0 Å². The molecule has 0 bridgehead atoms. The largest absolute Gasteiger partial charge is 0.289 e. The minimum absolute atomic E-state index is 0.201. The van der Waals surface area contributed by atoms with Crippen molar-refractivity contribution in [2.75, 3.05) is 0 Å². The van der Waals surface area contributed by atoms with E-state index >= 15 is 0 Å². The Bertz CT molecular complexity index is 637. The lowest BCUT2D eigenvalue weighted by Crippen LogP contribution is -2.08. The average molecular weight is 260 g/mol. The summed E-state index contributed by atoms with van der Waals surface area (Å²) in [4.78, 5) is 12.5. The van der Waals surface area contributed by atoms with Gasteiger partial charge in [-0.05, 0) is 67.8 Å². The number of hydrogen-bond acceptors (Lipinski definition) is 1. The van der Waals surface area contributed by atoms with Crippen LogP contribution in [0.1, 0.15) is 32.6 Å². The number of hydrogen-bond donors (Lipinski definition) is 0. The molecule has 0 amide bonds. The Balaban J connectivity index is 2.56. The van der Waals surface area contributed by atoms with Crippen LogP contribution in [0.4, 0.5) is 8.78 Å². The van der Waals surface area contributed by atoms with E-state index in [0.29, 0.717) is 27.8 Å². The minimum Gasteiger partial charge on any atom is -0.289 e. The van der Waals surface area contributed by atoms with Crippen molar-refractivity contribution in [2.45, 2.75) is 20.8 Å². The number of benzene rings is 2. The standard InChI is InChI=1S/C16H14F2O/c1-9-6-12(17)4-5-14(9)16(19)15-10(2)7-13(18)8-11(15)3/h4-8H,1-3H3. The molecule has 0 aliphatic rings. The van der Waals surface area contributed by atoms with Gasteiger partial charge in [-0.3, -0.25) is 4.79 Å². The van der Waals surface area contributed by atoms with Gasteiger partial charge in [0.15, 0.2) is 5.78 Å². The molecule has 0 N–H and O–H groups in total. The van der Waals surface area contributed by atoms with Crippen LogP contribution in [-0.4, -0.2) is 5.78 Å². The molecule has 1 nitrogen and oxygen atoms in total. The van der Waals surface area contributed by atoms with Gasteiger partial charge in [0.1, 0.15) is 11.6 Å². The van der Waals surface area contributed by atoms with E-state index < -0.39 is 0 Å². The lowest BCUT2D eigenvalue weighted by molar-refractivity contribution is 0.103. The van der Waals surface area contributed by atoms with E-state index in [0.717, 1.165) is 0 Å². The van der Waals surface area contributed by atoms with Crippen molar-refractivity contribution in [1.82, 2.24) is 0 Å². The first-order valence-corrected chi connectivity index (χ1v) is 5.97. The van der Waals surface area contributed by atoms with Gasteiger partial charge in [-0.2, -0.15) is 0 Å². The van der Waals surface area contributed by atoms with Crippen LogP contribution in [0.15, 0.2) is 30.3 Å². The van der Waals surface area contributed by atoms with Gasteiger partial charge < -0.3 is 0 Å². The summed E-state index contributed by atoms with van der Waals surface area (Å²) in [5, 5.41) is 0. The highest BCUT2D eigenvalue weighted by atomic mass is 19.1. The number of carbonyl (C=O) groups excluding carboxylic acids is 1. The third kappa shape index (κ3) is 2.55. The summed E-state index contributed by atoms with van der Waals surface area (Å²) in [5.74, 6) is -0.934. The van der Waals surface area contributed by atoms with E-state index in [9.17, 15) is 13.6 Å². The van der Waals surface area contributed by atoms with E-state index in [1.807, 2.05) is 0 Å². The van der Waals surface area contributed by atoms with Gasteiger partial charge in [-0.15, -0.1) is 0 Å². The molecule has 0 heterocycles. The van der Waals surface area contributed by atoms with Gasteiger partial charge in [-0.1, -0.05) is 0 Å². The zero-order chi connectivity index (χ0) is 14.2. The summed E-state index contributed by atoms with van der Waals surface area (Å²) in [5.41, 5.74) is 2.68. The van der Waals surface area contributed by atoms with E-state index in [1.54, 1.807) is 20.8 Å². The van der Waals surface area contributed by atoms with Crippen molar-refractivity contribution in [3.8, 4) is 0 Å². The third-order valence-corrected chi connectivity index (χ3v) is 3.16. The molecule has 0 saturated heterocycles. The quantitative estimate of drug-likeness (QED) is 0.742. The molecule has 98 valence electrons. The highest BCUT2D eigenvalue weighted by Gasteiger charge is 2.17. The van der Waals surface area contributed by atoms with E-state index in [1.165, 1.54) is 30.3 Å². The molecule has 0 saturated carbocycles. The predicted octanol–water partition coefficient (Wildman–Crippen LogP) is 4.12. The maximum Gasteiger partial charge on any atom is 0.193 e. The summed E-state index contributed by atoms with van der Waals surface area (Å²) in [6.45, 7) is 5.08. The van der Waals surface area contributed by atoms with E-state index in [2.05, 4.69) is 0 Å². The van der Waals surface area contributed by atoms with Crippen LogP contribution >= 0.6 is 0 Å². The van der Waals surface area contributed by atoms with Crippen molar-refractivity contribution in [2.24, 2.45) is 0 Å². The van der Waals surface area contributed by atoms with Crippen LogP contribution < -0.4 is 0 Å². The van der Waals surface area contributed by atoms with Crippen LogP contribution in [0.25, 0.3) is 0 Å². The molecular weight excluding hydrogens is 246 g/mol. The Hall–Kier alpha value is -2.03. The highest BCUT2D eigenvalue weighted by molar-refractivity contribution is 6.11. The monoisotopic (exact) mass is 260 g/mol. The van der Waals surface area contributed by atoms with Crippen molar-refractivity contribution in [3.63, 3.8) is 0 Å². The van der Waals surface area contributed by atoms with E-state index in [4.69, 9.17) is 0 Å². The fourth-order valence-electron chi connectivity index (χ4n) is 2.29. The molecule has 2 rings (SSSR count). The number of halogens is 2. The fourth-order valence-corrected chi connectivity index (χ4v) is 2.29. The normalized spacial score (nSPS) is 10.6. The first-order valence-electron chi connectivity index (χ1n) is 5.97. The molecule has 0 atom stereocenters. The second kappa shape index (κ2) is 4.92. The lowest BCUT2D eigenvalue weighted by Gasteiger charge is -2.11. The molecule has 0 unspecified atom stereocenters. The Morgan fingerprint density at radius 3 is 1.89 bits per heavy atom. The predicted molar refractivity (Wildman–Crippen MR) is 70.4 cm³/mol. The number of carbonyl (C=O) groups is 1. The van der Waals surface area contributed by atoms with Gasteiger partial charge in [0, 0.05) is 11.1 Å². The Morgan fingerprint density at radius 1 is 0.842 bits per heavy atom. The molecule has 3 heteroatoms. The van der Waals surface area contributed by atoms with Gasteiger partial charge in [0.25, 0.3) is 0 Å². The second-order valence-corrected chi connectivity index (χ2v) is 4.70. The van der Waals surface area contributed by atoms with Gasteiger partial charge in [0.05, 0.1) is 0 Å². The molecular formula is C16H14F2O. The van der Waals surface area contributed by atoms with Gasteiger partial charge in [-0.25, -0.2) is 8.78 Å². The maximum absolute atomic E-state index is 13.2. The first-order chi connectivity index (χ1) is 8.90. The van der Waals surface area contributed by atoms with Gasteiger partial charge >= 0.3 is 0 Å². The Labute approximate surface area is 110 Å². The number of aryl methyl sites for hydroxylation is 3. The Morgan fingerprint density at radius 2 is 1.37 bits per heavy atom. The van der Waals surface area contributed by atoms with Crippen LogP contribution in [0.3, 0.4) is 0 Å². The minimum atomic E-state index is -0.374. The molecule has 0 aliphatic carbocycles. The molecule has 19 heavy (non-hydrogen) atoms.